The molecule has 2 atom stereocenters. The van der Waals surface area contributed by atoms with E-state index >= 15 is 0 Å². The number of fused-ring (bicyclic) bond motifs is 1. The number of ether oxygens (including phenoxy) is 2. The van der Waals surface area contributed by atoms with Gasteiger partial charge in [-0.15, -0.1) is 0 Å². The van der Waals surface area contributed by atoms with E-state index in [0.29, 0.717) is 35.5 Å². The minimum absolute atomic E-state index is 0.134. The third-order valence-corrected chi connectivity index (χ3v) is 5.18. The van der Waals surface area contributed by atoms with E-state index in [-0.39, 0.29) is 36.0 Å². The fourth-order valence-corrected chi connectivity index (χ4v) is 3.55. The molecular formula is C22H26N4O4. The van der Waals surface area contributed by atoms with Crippen LogP contribution in [0, 0.1) is 17.2 Å². The normalized spacial score (nSPS) is 18.8. The van der Waals surface area contributed by atoms with E-state index in [4.69, 9.17) is 20.5 Å². The largest absolute Gasteiger partial charge is 0.490 e. The molecule has 0 spiro atoms. The van der Waals surface area contributed by atoms with Crippen molar-refractivity contribution >= 4 is 22.7 Å². The number of amides is 2. The number of piperidine rings is 1. The van der Waals surface area contributed by atoms with Crippen LogP contribution in [0.25, 0.3) is 10.9 Å². The molecule has 2 heterocycles. The van der Waals surface area contributed by atoms with Gasteiger partial charge in [0.2, 0.25) is 5.91 Å². The number of hydrogen-bond acceptors (Lipinski definition) is 6. The molecule has 8 heteroatoms. The Balaban J connectivity index is 1.94. The smallest absolute Gasteiger partial charge is 0.252 e. The number of pyridine rings is 1. The van der Waals surface area contributed by atoms with Crippen LogP contribution in [-0.2, 0) is 4.79 Å². The Labute approximate surface area is 175 Å². The van der Waals surface area contributed by atoms with Gasteiger partial charge in [-0.25, -0.2) is 0 Å². The van der Waals surface area contributed by atoms with Crippen LogP contribution >= 0.6 is 0 Å². The molecule has 0 radical (unpaired) electrons. The van der Waals surface area contributed by atoms with Crippen LogP contribution in [0.15, 0.2) is 24.4 Å². The lowest BCUT2D eigenvalue weighted by molar-refractivity contribution is -0.133. The van der Waals surface area contributed by atoms with Gasteiger partial charge in [-0.1, -0.05) is 6.92 Å². The maximum Gasteiger partial charge on any atom is 0.252 e. The lowest BCUT2D eigenvalue weighted by atomic mass is 9.95. The second-order valence-corrected chi connectivity index (χ2v) is 7.80. The third kappa shape index (κ3) is 4.62. The molecule has 1 saturated heterocycles. The van der Waals surface area contributed by atoms with Gasteiger partial charge in [0.05, 0.1) is 29.8 Å². The molecule has 8 nitrogen and oxygen atoms in total. The summed E-state index contributed by atoms with van der Waals surface area (Å²) in [6.07, 6.45) is 1.90. The Bertz CT molecular complexity index is 999. The average Bonchev–Trinajstić information content (AvgIpc) is 2.69. The quantitative estimate of drug-likeness (QED) is 0.782. The molecule has 0 unspecified atom stereocenters. The molecule has 1 aliphatic heterocycles. The van der Waals surface area contributed by atoms with Crippen LogP contribution in [0.1, 0.15) is 44.0 Å². The molecule has 2 amide bonds. The van der Waals surface area contributed by atoms with Crippen LogP contribution < -0.4 is 15.2 Å². The standard InChI is InChI=1S/C22H26N4O4/c1-13(2)29-19-11-15-17(10-16(19)22(24)28)25-8-5-18(15)30-20-12-26(9-6-14(20)3)21(27)4-7-23/h5,8,10-11,13-14,20H,4,6,9,12H2,1-3H3,(H2,24,28)/t14-,20-/m0/s1. The summed E-state index contributed by atoms with van der Waals surface area (Å²) in [5.74, 6) is 0.432. The van der Waals surface area contributed by atoms with Crippen molar-refractivity contribution in [2.24, 2.45) is 11.7 Å². The van der Waals surface area contributed by atoms with Crippen molar-refractivity contribution in [3.63, 3.8) is 0 Å². The number of carbonyl (C=O) groups is 2. The fraction of sp³-hybridized carbons (Fsp3) is 0.455. The van der Waals surface area contributed by atoms with E-state index in [2.05, 4.69) is 11.9 Å². The first-order chi connectivity index (χ1) is 14.3. The van der Waals surface area contributed by atoms with E-state index in [1.54, 1.807) is 29.3 Å². The molecule has 3 rings (SSSR count). The Morgan fingerprint density at radius 2 is 2.13 bits per heavy atom. The number of aromatic nitrogens is 1. The van der Waals surface area contributed by atoms with Gasteiger partial charge in [-0.05, 0) is 44.4 Å². The van der Waals surface area contributed by atoms with E-state index in [1.165, 1.54) is 0 Å². The zero-order valence-electron chi connectivity index (χ0n) is 17.4. The lowest BCUT2D eigenvalue weighted by Gasteiger charge is -2.37. The number of hydrogen-bond donors (Lipinski definition) is 1. The monoisotopic (exact) mass is 410 g/mol. The number of nitrogens with two attached hydrogens (primary N) is 1. The Hall–Kier alpha value is -3.34. The predicted octanol–water partition coefficient (Wildman–Crippen LogP) is 2.65. The maximum absolute atomic E-state index is 12.1. The Morgan fingerprint density at radius 3 is 2.80 bits per heavy atom. The Morgan fingerprint density at radius 1 is 1.37 bits per heavy atom. The summed E-state index contributed by atoms with van der Waals surface area (Å²) in [6, 6.07) is 7.00. The highest BCUT2D eigenvalue weighted by atomic mass is 16.5. The summed E-state index contributed by atoms with van der Waals surface area (Å²) in [6.45, 7) is 6.85. The van der Waals surface area contributed by atoms with Gasteiger partial charge < -0.3 is 20.1 Å². The maximum atomic E-state index is 12.1. The first kappa shape index (κ1) is 21.4. The van der Waals surface area contributed by atoms with Crippen molar-refractivity contribution < 1.29 is 19.1 Å². The van der Waals surface area contributed by atoms with Crippen LogP contribution in [-0.4, -0.2) is 47.0 Å². The number of nitriles is 1. The number of carbonyl (C=O) groups excluding carboxylic acids is 2. The first-order valence-corrected chi connectivity index (χ1v) is 10.0. The molecular weight excluding hydrogens is 384 g/mol. The summed E-state index contributed by atoms with van der Waals surface area (Å²) >= 11 is 0. The predicted molar refractivity (Wildman–Crippen MR) is 111 cm³/mol. The van der Waals surface area contributed by atoms with Crippen LogP contribution in [0.2, 0.25) is 0 Å². The first-order valence-electron chi connectivity index (χ1n) is 10.0. The molecule has 1 aromatic heterocycles. The van der Waals surface area contributed by atoms with Gasteiger partial charge in [0.25, 0.3) is 5.91 Å². The molecule has 2 aromatic rings. The van der Waals surface area contributed by atoms with Crippen LogP contribution in [0.3, 0.4) is 0 Å². The second-order valence-electron chi connectivity index (χ2n) is 7.80. The summed E-state index contributed by atoms with van der Waals surface area (Å²) in [4.78, 5) is 30.0. The van der Waals surface area contributed by atoms with Gasteiger partial charge >= 0.3 is 0 Å². The van der Waals surface area contributed by atoms with E-state index in [0.717, 1.165) is 6.42 Å². The van der Waals surface area contributed by atoms with Gasteiger partial charge in [-0.3, -0.25) is 14.6 Å². The van der Waals surface area contributed by atoms with Gasteiger partial charge in [0, 0.05) is 18.1 Å². The van der Waals surface area contributed by atoms with Crippen LogP contribution in [0.4, 0.5) is 0 Å². The third-order valence-electron chi connectivity index (χ3n) is 5.18. The number of primary amides is 1. The van der Waals surface area contributed by atoms with Gasteiger partial charge in [0.1, 0.15) is 24.0 Å². The molecule has 158 valence electrons. The van der Waals surface area contributed by atoms with Crippen molar-refractivity contribution in [2.75, 3.05) is 13.1 Å². The number of nitrogens with zero attached hydrogens (tertiary/aromatic N) is 3. The molecule has 0 bridgehead atoms. The molecule has 0 aliphatic carbocycles. The molecule has 0 saturated carbocycles. The van der Waals surface area contributed by atoms with E-state index < -0.39 is 5.91 Å². The van der Waals surface area contributed by atoms with Crippen molar-refractivity contribution in [2.45, 2.75) is 45.8 Å². The topological polar surface area (TPSA) is 119 Å². The second kappa shape index (κ2) is 8.99. The fourth-order valence-electron chi connectivity index (χ4n) is 3.55. The highest BCUT2D eigenvalue weighted by Gasteiger charge is 2.30. The van der Waals surface area contributed by atoms with Crippen molar-refractivity contribution in [3.8, 4) is 17.6 Å². The number of likely N-dealkylation sites (tertiary alicyclic amines) is 1. The summed E-state index contributed by atoms with van der Waals surface area (Å²) in [5.41, 5.74) is 6.35. The van der Waals surface area contributed by atoms with E-state index in [9.17, 15) is 9.59 Å². The van der Waals surface area contributed by atoms with Crippen LogP contribution in [0.5, 0.6) is 11.5 Å². The zero-order valence-corrected chi connectivity index (χ0v) is 17.4. The number of rotatable bonds is 6. The SMILES string of the molecule is CC(C)Oc1cc2c(O[C@H]3CN(C(=O)CC#N)CC[C@@H]3C)ccnc2cc1C(N)=O. The molecule has 2 N–H and O–H groups in total. The number of benzene rings is 1. The Kier molecular flexibility index (Phi) is 6.40. The average molecular weight is 410 g/mol. The lowest BCUT2D eigenvalue weighted by Crippen LogP contribution is -2.48. The van der Waals surface area contributed by atoms with Crippen molar-refractivity contribution in [1.29, 1.82) is 5.26 Å². The summed E-state index contributed by atoms with van der Waals surface area (Å²) in [7, 11) is 0. The van der Waals surface area contributed by atoms with Gasteiger partial charge in [0.15, 0.2) is 0 Å². The molecule has 30 heavy (non-hydrogen) atoms. The van der Waals surface area contributed by atoms with Crippen molar-refractivity contribution in [1.82, 2.24) is 9.88 Å². The van der Waals surface area contributed by atoms with Gasteiger partial charge in [-0.2, -0.15) is 5.26 Å². The summed E-state index contributed by atoms with van der Waals surface area (Å²) < 4.78 is 12.1. The highest BCUT2D eigenvalue weighted by Crippen LogP contribution is 2.33. The van der Waals surface area contributed by atoms with Crippen molar-refractivity contribution in [3.05, 3.63) is 30.0 Å². The highest BCUT2D eigenvalue weighted by molar-refractivity contribution is 6.01. The van der Waals surface area contributed by atoms with E-state index in [1.807, 2.05) is 19.9 Å². The molecule has 1 aliphatic rings. The minimum Gasteiger partial charge on any atom is -0.490 e. The zero-order chi connectivity index (χ0) is 21.8. The molecule has 1 fully saturated rings. The molecule has 1 aromatic carbocycles. The summed E-state index contributed by atoms with van der Waals surface area (Å²) in [5, 5.41) is 9.51. The minimum atomic E-state index is -0.590.